The Morgan fingerprint density at radius 2 is 2.17 bits per heavy atom. The van der Waals surface area contributed by atoms with Gasteiger partial charge in [-0.15, -0.1) is 21.5 Å². The third-order valence-corrected chi connectivity index (χ3v) is 7.25. The van der Waals surface area contributed by atoms with E-state index in [4.69, 9.17) is 0 Å². The summed E-state index contributed by atoms with van der Waals surface area (Å²) in [7, 11) is 0. The highest BCUT2D eigenvalue weighted by molar-refractivity contribution is 9.13. The van der Waals surface area contributed by atoms with Crippen molar-refractivity contribution in [2.75, 3.05) is 6.54 Å². The van der Waals surface area contributed by atoms with Crippen molar-refractivity contribution >= 4 is 54.8 Å². The first-order valence-corrected chi connectivity index (χ1v) is 9.61. The van der Waals surface area contributed by atoms with Gasteiger partial charge in [0.25, 0.3) is 5.91 Å². The highest BCUT2D eigenvalue weighted by Gasteiger charge is 2.34. The molecule has 1 saturated heterocycles. The normalized spacial score (nSPS) is 18.0. The van der Waals surface area contributed by atoms with Crippen LogP contribution in [0, 0.1) is 0 Å². The molecule has 0 spiro atoms. The molecule has 4 rings (SSSR count). The lowest BCUT2D eigenvalue weighted by atomic mass is 10.2. The van der Waals surface area contributed by atoms with Crippen LogP contribution in [-0.2, 0) is 0 Å². The van der Waals surface area contributed by atoms with Crippen molar-refractivity contribution in [1.82, 2.24) is 19.5 Å². The Morgan fingerprint density at radius 3 is 2.96 bits per heavy atom. The van der Waals surface area contributed by atoms with Crippen molar-refractivity contribution in [3.05, 3.63) is 49.4 Å². The Kier molecular flexibility index (Phi) is 3.98. The number of pyridine rings is 1. The Balaban J connectivity index is 1.70. The maximum atomic E-state index is 12.9. The van der Waals surface area contributed by atoms with E-state index in [1.165, 1.54) is 11.3 Å². The van der Waals surface area contributed by atoms with E-state index in [2.05, 4.69) is 42.1 Å². The number of nitrogens with zero attached hydrogens (tertiary/aromatic N) is 4. The maximum absolute atomic E-state index is 12.9. The number of amides is 1. The number of hydrogen-bond acceptors (Lipinski definition) is 4. The molecule has 1 atom stereocenters. The van der Waals surface area contributed by atoms with E-state index in [0.717, 1.165) is 44.0 Å². The summed E-state index contributed by atoms with van der Waals surface area (Å²) < 4.78 is 3.82. The summed E-state index contributed by atoms with van der Waals surface area (Å²) in [6, 6.07) is 7.65. The fourth-order valence-electron chi connectivity index (χ4n) is 2.96. The van der Waals surface area contributed by atoms with E-state index in [1.807, 2.05) is 39.8 Å². The summed E-state index contributed by atoms with van der Waals surface area (Å²) >= 11 is 8.35. The molecule has 0 aromatic carbocycles. The summed E-state index contributed by atoms with van der Waals surface area (Å²) in [5.41, 5.74) is 0.809. The number of hydrogen-bond donors (Lipinski definition) is 0. The van der Waals surface area contributed by atoms with E-state index >= 15 is 0 Å². The molecule has 1 fully saturated rings. The summed E-state index contributed by atoms with van der Waals surface area (Å²) in [5, 5.41) is 8.54. The highest BCUT2D eigenvalue weighted by Crippen LogP contribution is 2.37. The molecule has 0 aliphatic carbocycles. The Morgan fingerprint density at radius 1 is 1.30 bits per heavy atom. The molecule has 1 aliphatic rings. The molecule has 8 heteroatoms. The molecule has 23 heavy (non-hydrogen) atoms. The van der Waals surface area contributed by atoms with Crippen LogP contribution in [0.3, 0.4) is 0 Å². The molecule has 0 radical (unpaired) electrons. The topological polar surface area (TPSA) is 50.5 Å². The number of likely N-dealkylation sites (tertiary alicyclic amines) is 1. The minimum atomic E-state index is -0.0282. The van der Waals surface area contributed by atoms with Gasteiger partial charge in [-0.1, -0.05) is 6.07 Å². The van der Waals surface area contributed by atoms with Gasteiger partial charge in [-0.3, -0.25) is 9.20 Å². The number of rotatable bonds is 2. The van der Waals surface area contributed by atoms with E-state index in [-0.39, 0.29) is 11.9 Å². The van der Waals surface area contributed by atoms with Crippen LogP contribution in [-0.4, -0.2) is 31.9 Å². The molecular weight excluding hydrogens is 444 g/mol. The summed E-state index contributed by atoms with van der Waals surface area (Å²) in [6.07, 6.45) is 3.84. The van der Waals surface area contributed by atoms with E-state index in [1.54, 1.807) is 0 Å². The van der Waals surface area contributed by atoms with Crippen molar-refractivity contribution in [2.45, 2.75) is 18.9 Å². The van der Waals surface area contributed by atoms with Crippen LogP contribution >= 0.6 is 43.2 Å². The van der Waals surface area contributed by atoms with Crippen LogP contribution in [0.15, 0.2) is 38.7 Å². The second kappa shape index (κ2) is 5.99. The number of aromatic nitrogens is 3. The van der Waals surface area contributed by atoms with Crippen molar-refractivity contribution in [3.63, 3.8) is 0 Å². The number of thiophene rings is 1. The van der Waals surface area contributed by atoms with Crippen molar-refractivity contribution in [2.24, 2.45) is 0 Å². The second-order valence-corrected chi connectivity index (χ2v) is 8.60. The zero-order valence-electron chi connectivity index (χ0n) is 11.9. The Bertz CT molecular complexity index is 871. The SMILES string of the molecule is O=C(c1cc(Br)c(Br)s1)N1CCC[C@@H]1c1nnc2ccccn12. The zero-order chi connectivity index (χ0) is 16.0. The predicted molar refractivity (Wildman–Crippen MR) is 95.7 cm³/mol. The smallest absolute Gasteiger partial charge is 0.264 e. The van der Waals surface area contributed by atoms with Crippen LogP contribution in [0.2, 0.25) is 0 Å². The van der Waals surface area contributed by atoms with Crippen LogP contribution < -0.4 is 0 Å². The van der Waals surface area contributed by atoms with Gasteiger partial charge in [-0.2, -0.15) is 0 Å². The second-order valence-electron chi connectivity index (χ2n) is 5.38. The van der Waals surface area contributed by atoms with Gasteiger partial charge in [0.2, 0.25) is 0 Å². The lowest BCUT2D eigenvalue weighted by Crippen LogP contribution is -2.31. The lowest BCUT2D eigenvalue weighted by molar-refractivity contribution is 0.0734. The van der Waals surface area contributed by atoms with Gasteiger partial charge in [0.1, 0.15) is 0 Å². The van der Waals surface area contributed by atoms with E-state index in [0.29, 0.717) is 0 Å². The third-order valence-electron chi connectivity index (χ3n) is 4.01. The average Bonchev–Trinajstić information content (AvgIpc) is 3.25. The molecular formula is C15H12Br2N4OS. The highest BCUT2D eigenvalue weighted by atomic mass is 79.9. The number of fused-ring (bicyclic) bond motifs is 1. The maximum Gasteiger partial charge on any atom is 0.264 e. The molecule has 4 heterocycles. The minimum absolute atomic E-state index is 0.0282. The number of carbonyl (C=O) groups excluding carboxylic acids is 1. The minimum Gasteiger partial charge on any atom is -0.328 e. The van der Waals surface area contributed by atoms with Crippen molar-refractivity contribution < 1.29 is 4.79 Å². The molecule has 0 N–H and O–H groups in total. The number of halogens is 2. The quantitative estimate of drug-likeness (QED) is 0.579. The predicted octanol–water partition coefficient (Wildman–Crippen LogP) is 4.29. The van der Waals surface area contributed by atoms with Gasteiger partial charge in [-0.05, 0) is 62.9 Å². The van der Waals surface area contributed by atoms with Gasteiger partial charge < -0.3 is 4.90 Å². The molecule has 3 aromatic rings. The zero-order valence-corrected chi connectivity index (χ0v) is 15.9. The van der Waals surface area contributed by atoms with Gasteiger partial charge in [0.05, 0.1) is 14.7 Å². The summed E-state index contributed by atoms with van der Waals surface area (Å²) in [4.78, 5) is 15.5. The van der Waals surface area contributed by atoms with Crippen molar-refractivity contribution in [1.29, 1.82) is 0 Å². The third kappa shape index (κ3) is 2.62. The van der Waals surface area contributed by atoms with Gasteiger partial charge in [0, 0.05) is 17.2 Å². The standard InChI is InChI=1S/C15H12Br2N4OS/c16-9-8-11(23-13(9)17)15(22)20-7-3-4-10(20)14-19-18-12-5-1-2-6-21(12)14/h1-2,5-6,8,10H,3-4,7H2/t10-/m1/s1. The van der Waals surface area contributed by atoms with Crippen molar-refractivity contribution in [3.8, 4) is 0 Å². The largest absolute Gasteiger partial charge is 0.328 e. The van der Waals surface area contributed by atoms with Gasteiger partial charge in [-0.25, -0.2) is 0 Å². The molecule has 0 unspecified atom stereocenters. The fraction of sp³-hybridized carbons (Fsp3) is 0.267. The Hall–Kier alpha value is -1.25. The first kappa shape index (κ1) is 15.3. The van der Waals surface area contributed by atoms with Crippen LogP contribution in [0.5, 0.6) is 0 Å². The summed E-state index contributed by atoms with van der Waals surface area (Å²) in [6.45, 7) is 0.748. The van der Waals surface area contributed by atoms with E-state index < -0.39 is 0 Å². The fourth-order valence-corrected chi connectivity index (χ4v) is 4.95. The number of carbonyl (C=O) groups is 1. The monoisotopic (exact) mass is 454 g/mol. The molecule has 118 valence electrons. The lowest BCUT2D eigenvalue weighted by Gasteiger charge is -2.22. The van der Waals surface area contributed by atoms with Gasteiger partial charge in [0.15, 0.2) is 11.5 Å². The molecule has 1 aliphatic heterocycles. The van der Waals surface area contributed by atoms with Crippen LogP contribution in [0.25, 0.3) is 5.65 Å². The van der Waals surface area contributed by atoms with E-state index in [9.17, 15) is 4.79 Å². The molecule has 1 amide bonds. The van der Waals surface area contributed by atoms with Crippen LogP contribution in [0.4, 0.5) is 0 Å². The summed E-state index contributed by atoms with van der Waals surface area (Å²) in [5.74, 6) is 0.887. The average molecular weight is 456 g/mol. The first-order valence-electron chi connectivity index (χ1n) is 7.20. The molecule has 3 aromatic heterocycles. The van der Waals surface area contributed by atoms with Gasteiger partial charge >= 0.3 is 0 Å². The molecule has 0 bridgehead atoms. The van der Waals surface area contributed by atoms with Crippen LogP contribution in [0.1, 0.15) is 34.4 Å². The molecule has 5 nitrogen and oxygen atoms in total. The molecule has 0 saturated carbocycles. The first-order chi connectivity index (χ1) is 11.1. The Labute approximate surface area is 153 Å².